The minimum absolute atomic E-state index is 0.313. The fourth-order valence-electron chi connectivity index (χ4n) is 0.959. The number of hydrogen-bond donors (Lipinski definition) is 2. The number of nitrogens with one attached hydrogen (secondary N) is 2. The summed E-state index contributed by atoms with van der Waals surface area (Å²) in [7, 11) is 1.74. The van der Waals surface area contributed by atoms with Gasteiger partial charge in [-0.3, -0.25) is 20.4 Å². The fourth-order valence-corrected chi connectivity index (χ4v) is 1.48. The lowest BCUT2D eigenvalue weighted by Crippen LogP contribution is -2.40. The molecule has 2 N–H and O–H groups in total. The lowest BCUT2D eigenvalue weighted by atomic mass is 10.4. The molecule has 1 aromatic heterocycles. The minimum atomic E-state index is -0.353. The number of aryl methyl sites for hydroxylation is 1. The SMILES string of the molecule is CC(=O)NNC(=O)c1cc(Br)cn1C. The first-order valence-corrected chi connectivity index (χ1v) is 4.69. The van der Waals surface area contributed by atoms with Crippen molar-refractivity contribution < 1.29 is 9.59 Å². The number of carbonyl (C=O) groups excluding carboxylic acids is 2. The van der Waals surface area contributed by atoms with Crippen molar-refractivity contribution in [2.75, 3.05) is 0 Å². The van der Waals surface area contributed by atoms with E-state index in [9.17, 15) is 9.59 Å². The fraction of sp³-hybridized carbons (Fsp3) is 0.250. The maximum atomic E-state index is 11.4. The number of rotatable bonds is 1. The quantitative estimate of drug-likeness (QED) is 0.725. The van der Waals surface area contributed by atoms with Gasteiger partial charge < -0.3 is 4.57 Å². The Morgan fingerprint density at radius 1 is 1.43 bits per heavy atom. The molecule has 1 rings (SSSR count). The minimum Gasteiger partial charge on any atom is -0.345 e. The molecule has 76 valence electrons. The molecule has 0 atom stereocenters. The van der Waals surface area contributed by atoms with E-state index in [1.54, 1.807) is 23.9 Å². The molecule has 0 aromatic carbocycles. The normalized spacial score (nSPS) is 9.64. The van der Waals surface area contributed by atoms with Gasteiger partial charge in [-0.1, -0.05) is 0 Å². The molecule has 0 saturated carbocycles. The van der Waals surface area contributed by atoms with Gasteiger partial charge in [0, 0.05) is 24.6 Å². The predicted octanol–water partition coefficient (Wildman–Crippen LogP) is 0.569. The van der Waals surface area contributed by atoms with Crippen LogP contribution in [0.4, 0.5) is 0 Å². The van der Waals surface area contributed by atoms with Gasteiger partial charge in [0.25, 0.3) is 5.91 Å². The summed E-state index contributed by atoms with van der Waals surface area (Å²) in [6.07, 6.45) is 1.75. The van der Waals surface area contributed by atoms with Gasteiger partial charge in [0.1, 0.15) is 5.69 Å². The molecular weight excluding hydrogens is 250 g/mol. The first kappa shape index (κ1) is 10.8. The van der Waals surface area contributed by atoms with E-state index in [0.29, 0.717) is 5.69 Å². The summed E-state index contributed by atoms with van der Waals surface area (Å²) >= 11 is 3.24. The molecule has 1 heterocycles. The predicted molar refractivity (Wildman–Crippen MR) is 54.4 cm³/mol. The van der Waals surface area contributed by atoms with Crippen LogP contribution < -0.4 is 10.9 Å². The Morgan fingerprint density at radius 2 is 2.07 bits per heavy atom. The van der Waals surface area contributed by atoms with Crippen LogP contribution in [0.1, 0.15) is 17.4 Å². The maximum Gasteiger partial charge on any atom is 0.286 e. The second-order valence-electron chi connectivity index (χ2n) is 2.79. The van der Waals surface area contributed by atoms with E-state index in [2.05, 4.69) is 26.8 Å². The van der Waals surface area contributed by atoms with Gasteiger partial charge in [0.2, 0.25) is 5.91 Å². The van der Waals surface area contributed by atoms with Crippen molar-refractivity contribution in [2.24, 2.45) is 7.05 Å². The van der Waals surface area contributed by atoms with Crippen LogP contribution in [-0.4, -0.2) is 16.4 Å². The molecule has 6 heteroatoms. The van der Waals surface area contributed by atoms with Gasteiger partial charge >= 0.3 is 0 Å². The third kappa shape index (κ3) is 2.59. The summed E-state index contributed by atoms with van der Waals surface area (Å²) in [5.74, 6) is -0.667. The van der Waals surface area contributed by atoms with Crippen LogP contribution >= 0.6 is 15.9 Å². The van der Waals surface area contributed by atoms with Gasteiger partial charge in [-0.05, 0) is 22.0 Å². The smallest absolute Gasteiger partial charge is 0.286 e. The van der Waals surface area contributed by atoms with Crippen molar-refractivity contribution in [1.29, 1.82) is 0 Å². The lowest BCUT2D eigenvalue weighted by Gasteiger charge is -2.05. The van der Waals surface area contributed by atoms with Gasteiger partial charge in [-0.25, -0.2) is 0 Å². The van der Waals surface area contributed by atoms with Crippen molar-refractivity contribution in [1.82, 2.24) is 15.4 Å². The van der Waals surface area contributed by atoms with Crippen LogP contribution in [0, 0.1) is 0 Å². The van der Waals surface area contributed by atoms with Crippen molar-refractivity contribution in [2.45, 2.75) is 6.92 Å². The molecule has 0 unspecified atom stereocenters. The van der Waals surface area contributed by atoms with Gasteiger partial charge in [0.05, 0.1) is 0 Å². The Bertz CT molecular complexity index is 373. The van der Waals surface area contributed by atoms with E-state index in [0.717, 1.165) is 4.47 Å². The monoisotopic (exact) mass is 259 g/mol. The molecule has 0 spiro atoms. The number of hydrazine groups is 1. The lowest BCUT2D eigenvalue weighted by molar-refractivity contribution is -0.119. The van der Waals surface area contributed by atoms with Crippen LogP contribution in [0.2, 0.25) is 0 Å². The average Bonchev–Trinajstić information content (AvgIpc) is 2.41. The Hall–Kier alpha value is -1.30. The summed E-state index contributed by atoms with van der Waals surface area (Å²) in [5.41, 5.74) is 4.95. The molecule has 5 nitrogen and oxygen atoms in total. The average molecular weight is 260 g/mol. The highest BCUT2D eigenvalue weighted by Gasteiger charge is 2.10. The third-order valence-electron chi connectivity index (χ3n) is 1.56. The topological polar surface area (TPSA) is 63.1 Å². The number of carbonyl (C=O) groups is 2. The van der Waals surface area contributed by atoms with Crippen LogP contribution in [0.3, 0.4) is 0 Å². The number of hydrogen-bond acceptors (Lipinski definition) is 2. The van der Waals surface area contributed by atoms with Crippen LogP contribution in [-0.2, 0) is 11.8 Å². The third-order valence-corrected chi connectivity index (χ3v) is 1.99. The van der Waals surface area contributed by atoms with E-state index in [1.807, 2.05) is 0 Å². The van der Waals surface area contributed by atoms with Crippen LogP contribution in [0.15, 0.2) is 16.7 Å². The Kier molecular flexibility index (Phi) is 3.29. The molecule has 0 bridgehead atoms. The molecule has 2 amide bonds. The second kappa shape index (κ2) is 4.28. The molecule has 14 heavy (non-hydrogen) atoms. The molecule has 0 saturated heterocycles. The zero-order valence-electron chi connectivity index (χ0n) is 7.80. The standard InChI is InChI=1S/C8H10BrN3O2/c1-5(13)10-11-8(14)7-3-6(9)4-12(7)2/h3-4H,1-2H3,(H,10,13)(H,11,14). The molecule has 0 fully saturated rings. The Balaban J connectivity index is 2.69. The zero-order chi connectivity index (χ0) is 10.7. The van der Waals surface area contributed by atoms with Crippen LogP contribution in [0.25, 0.3) is 0 Å². The Labute approximate surface area is 89.6 Å². The molecule has 0 aliphatic carbocycles. The molecule has 0 radical (unpaired) electrons. The van der Waals surface area contributed by atoms with Crippen molar-refractivity contribution >= 4 is 27.7 Å². The largest absolute Gasteiger partial charge is 0.345 e. The molecular formula is C8H10BrN3O2. The highest BCUT2D eigenvalue weighted by Crippen LogP contribution is 2.12. The summed E-state index contributed by atoms with van der Waals surface area (Å²) in [4.78, 5) is 21.9. The van der Waals surface area contributed by atoms with E-state index in [-0.39, 0.29) is 11.8 Å². The van der Waals surface area contributed by atoms with E-state index in [4.69, 9.17) is 0 Å². The Morgan fingerprint density at radius 3 is 2.50 bits per heavy atom. The maximum absolute atomic E-state index is 11.4. The van der Waals surface area contributed by atoms with Crippen LogP contribution in [0.5, 0.6) is 0 Å². The summed E-state index contributed by atoms with van der Waals surface area (Å²) < 4.78 is 2.47. The van der Waals surface area contributed by atoms with Gasteiger partial charge in [-0.2, -0.15) is 0 Å². The first-order valence-electron chi connectivity index (χ1n) is 3.89. The van der Waals surface area contributed by atoms with E-state index in [1.165, 1.54) is 6.92 Å². The molecule has 1 aromatic rings. The molecule has 0 aliphatic rings. The highest BCUT2D eigenvalue weighted by atomic mass is 79.9. The first-order chi connectivity index (χ1) is 6.50. The molecule has 0 aliphatic heterocycles. The number of aromatic nitrogens is 1. The summed E-state index contributed by atoms with van der Waals surface area (Å²) in [5, 5.41) is 0. The van der Waals surface area contributed by atoms with E-state index >= 15 is 0 Å². The summed E-state index contributed by atoms with van der Waals surface area (Å²) in [6.45, 7) is 1.32. The number of halogens is 1. The van der Waals surface area contributed by atoms with Crippen molar-refractivity contribution in [3.05, 3.63) is 22.4 Å². The highest BCUT2D eigenvalue weighted by molar-refractivity contribution is 9.10. The van der Waals surface area contributed by atoms with Gasteiger partial charge in [0.15, 0.2) is 0 Å². The zero-order valence-corrected chi connectivity index (χ0v) is 9.38. The van der Waals surface area contributed by atoms with E-state index < -0.39 is 0 Å². The van der Waals surface area contributed by atoms with Crippen molar-refractivity contribution in [3.8, 4) is 0 Å². The van der Waals surface area contributed by atoms with Gasteiger partial charge in [-0.15, -0.1) is 0 Å². The van der Waals surface area contributed by atoms with Crippen molar-refractivity contribution in [3.63, 3.8) is 0 Å². The second-order valence-corrected chi connectivity index (χ2v) is 3.71. The summed E-state index contributed by atoms with van der Waals surface area (Å²) in [6, 6.07) is 1.66. The number of nitrogens with zero attached hydrogens (tertiary/aromatic N) is 1. The number of amides is 2.